The highest BCUT2D eigenvalue weighted by Gasteiger charge is 2.31. The Bertz CT molecular complexity index is 647. The minimum atomic E-state index is -0.212. The second-order valence-electron chi connectivity index (χ2n) is 5.54. The fourth-order valence-corrected chi connectivity index (χ4v) is 2.37. The fraction of sp³-hybridized carbons (Fsp3) is 0.400. The number of hydrogen-bond donors (Lipinski definition) is 2. The van der Waals surface area contributed by atoms with E-state index in [1.54, 1.807) is 10.9 Å². The summed E-state index contributed by atoms with van der Waals surface area (Å²) >= 11 is 0. The van der Waals surface area contributed by atoms with Gasteiger partial charge in [0, 0.05) is 12.6 Å². The van der Waals surface area contributed by atoms with Gasteiger partial charge in [0.05, 0.1) is 11.9 Å². The van der Waals surface area contributed by atoms with Crippen LogP contribution in [0.1, 0.15) is 28.9 Å². The number of hydrogen-bond acceptors (Lipinski definition) is 4. The molecule has 0 radical (unpaired) electrons. The van der Waals surface area contributed by atoms with Crippen molar-refractivity contribution < 1.29 is 4.79 Å². The Morgan fingerprint density at radius 2 is 2.33 bits per heavy atom. The summed E-state index contributed by atoms with van der Waals surface area (Å²) in [6.07, 6.45) is 3.92. The molecular weight excluding hydrogens is 266 g/mol. The predicted octanol–water partition coefficient (Wildman–Crippen LogP) is 1.04. The molecule has 2 aromatic rings. The van der Waals surface area contributed by atoms with E-state index in [9.17, 15) is 4.79 Å². The summed E-state index contributed by atoms with van der Waals surface area (Å²) in [7, 11) is 0. The number of nitrogens with zero attached hydrogens (tertiary/aromatic N) is 3. The second kappa shape index (κ2) is 5.65. The van der Waals surface area contributed by atoms with Crippen molar-refractivity contribution in [2.45, 2.75) is 25.8 Å². The van der Waals surface area contributed by atoms with E-state index in [1.165, 1.54) is 0 Å². The highest BCUT2D eigenvalue weighted by molar-refractivity contribution is 5.92. The van der Waals surface area contributed by atoms with Gasteiger partial charge in [-0.25, -0.2) is 4.68 Å². The molecule has 1 aliphatic rings. The molecule has 0 aliphatic heterocycles. The average molecular weight is 285 g/mol. The lowest BCUT2D eigenvalue weighted by Gasteiger charge is -2.14. The quantitative estimate of drug-likeness (QED) is 0.859. The van der Waals surface area contributed by atoms with Crippen LogP contribution in [-0.2, 0) is 0 Å². The number of aryl methyl sites for hydroxylation is 1. The first kappa shape index (κ1) is 13.8. The van der Waals surface area contributed by atoms with Gasteiger partial charge < -0.3 is 11.1 Å². The van der Waals surface area contributed by atoms with Crippen LogP contribution in [0.15, 0.2) is 30.5 Å². The molecule has 1 atom stereocenters. The van der Waals surface area contributed by atoms with Gasteiger partial charge in [0.2, 0.25) is 0 Å². The Morgan fingerprint density at radius 1 is 1.52 bits per heavy atom. The highest BCUT2D eigenvalue weighted by Crippen LogP contribution is 2.32. The number of carbonyl (C=O) groups excluding carboxylic acids is 1. The largest absolute Gasteiger partial charge is 0.346 e. The van der Waals surface area contributed by atoms with Gasteiger partial charge >= 0.3 is 0 Å². The van der Waals surface area contributed by atoms with Gasteiger partial charge in [-0.2, -0.15) is 0 Å². The number of aromatic nitrogens is 3. The zero-order valence-corrected chi connectivity index (χ0v) is 12.0. The zero-order chi connectivity index (χ0) is 14.8. The molecule has 6 nitrogen and oxygen atoms in total. The molecule has 1 amide bonds. The van der Waals surface area contributed by atoms with Crippen LogP contribution in [0.5, 0.6) is 0 Å². The molecule has 1 aromatic heterocycles. The van der Waals surface area contributed by atoms with Crippen LogP contribution in [0.3, 0.4) is 0 Å². The molecule has 0 saturated heterocycles. The summed E-state index contributed by atoms with van der Waals surface area (Å²) < 4.78 is 1.61. The SMILES string of the molecule is Cc1cccc(-n2cc(C(=O)NC(CN)C3CC3)nn2)c1. The first-order valence-electron chi connectivity index (χ1n) is 7.17. The van der Waals surface area contributed by atoms with E-state index in [0.717, 1.165) is 24.1 Å². The number of benzene rings is 1. The van der Waals surface area contributed by atoms with Crippen LogP contribution >= 0.6 is 0 Å². The molecule has 3 rings (SSSR count). The molecule has 1 aromatic carbocycles. The fourth-order valence-electron chi connectivity index (χ4n) is 2.37. The monoisotopic (exact) mass is 285 g/mol. The molecule has 1 aliphatic carbocycles. The summed E-state index contributed by atoms with van der Waals surface area (Å²) in [5, 5.41) is 10.9. The van der Waals surface area contributed by atoms with Crippen molar-refractivity contribution in [2.75, 3.05) is 6.54 Å². The molecule has 110 valence electrons. The van der Waals surface area contributed by atoms with E-state index in [-0.39, 0.29) is 11.9 Å². The number of nitrogens with two attached hydrogens (primary N) is 1. The van der Waals surface area contributed by atoms with Crippen LogP contribution in [0.25, 0.3) is 5.69 Å². The zero-order valence-electron chi connectivity index (χ0n) is 12.0. The molecule has 6 heteroatoms. The van der Waals surface area contributed by atoms with Gasteiger partial charge in [0.1, 0.15) is 0 Å². The average Bonchev–Trinajstić information content (AvgIpc) is 3.20. The Balaban J connectivity index is 1.73. The normalized spacial score (nSPS) is 15.7. The van der Waals surface area contributed by atoms with Crippen molar-refractivity contribution >= 4 is 5.91 Å². The lowest BCUT2D eigenvalue weighted by atomic mass is 10.2. The van der Waals surface area contributed by atoms with Crippen LogP contribution in [-0.4, -0.2) is 33.5 Å². The number of rotatable bonds is 5. The molecule has 21 heavy (non-hydrogen) atoms. The summed E-state index contributed by atoms with van der Waals surface area (Å²) in [6, 6.07) is 7.92. The van der Waals surface area contributed by atoms with Gasteiger partial charge in [-0.15, -0.1) is 5.10 Å². The van der Waals surface area contributed by atoms with E-state index in [2.05, 4.69) is 15.6 Å². The van der Waals surface area contributed by atoms with Crippen molar-refractivity contribution in [3.8, 4) is 5.69 Å². The van der Waals surface area contributed by atoms with Crippen LogP contribution in [0.2, 0.25) is 0 Å². The van der Waals surface area contributed by atoms with Crippen LogP contribution in [0.4, 0.5) is 0 Å². The van der Waals surface area contributed by atoms with Crippen molar-refractivity contribution in [1.29, 1.82) is 0 Å². The standard InChI is InChI=1S/C15H19N5O/c1-10-3-2-4-12(7-10)20-9-14(18-19-20)15(21)17-13(8-16)11-5-6-11/h2-4,7,9,11,13H,5-6,8,16H2,1H3,(H,17,21). The minimum absolute atomic E-state index is 0.0432. The number of amides is 1. The molecule has 0 bridgehead atoms. The van der Waals surface area contributed by atoms with E-state index < -0.39 is 0 Å². The van der Waals surface area contributed by atoms with Crippen molar-refractivity contribution in [3.63, 3.8) is 0 Å². The Hall–Kier alpha value is -2.21. The first-order valence-corrected chi connectivity index (χ1v) is 7.17. The molecule has 1 saturated carbocycles. The van der Waals surface area contributed by atoms with Gasteiger partial charge in [0.25, 0.3) is 5.91 Å². The number of nitrogens with one attached hydrogen (secondary N) is 1. The molecular formula is C15H19N5O. The first-order chi connectivity index (χ1) is 10.2. The van der Waals surface area contributed by atoms with E-state index in [1.807, 2.05) is 31.2 Å². The third kappa shape index (κ3) is 3.11. The molecule has 1 heterocycles. The second-order valence-corrected chi connectivity index (χ2v) is 5.54. The Morgan fingerprint density at radius 3 is 3.00 bits per heavy atom. The summed E-state index contributed by atoms with van der Waals surface area (Å²) in [5.74, 6) is 0.307. The van der Waals surface area contributed by atoms with Crippen molar-refractivity contribution in [3.05, 3.63) is 41.7 Å². The van der Waals surface area contributed by atoms with Gasteiger partial charge in [-0.3, -0.25) is 4.79 Å². The molecule has 3 N–H and O–H groups in total. The Labute approximate surface area is 123 Å². The van der Waals surface area contributed by atoms with Gasteiger partial charge in [-0.05, 0) is 43.4 Å². The molecule has 1 fully saturated rings. The maximum absolute atomic E-state index is 12.2. The third-order valence-electron chi connectivity index (χ3n) is 3.75. The van der Waals surface area contributed by atoms with Crippen molar-refractivity contribution in [2.24, 2.45) is 11.7 Å². The van der Waals surface area contributed by atoms with E-state index >= 15 is 0 Å². The summed E-state index contributed by atoms with van der Waals surface area (Å²) in [6.45, 7) is 2.47. The van der Waals surface area contributed by atoms with Gasteiger partial charge in [0.15, 0.2) is 5.69 Å². The molecule has 0 spiro atoms. The highest BCUT2D eigenvalue weighted by atomic mass is 16.2. The maximum atomic E-state index is 12.2. The van der Waals surface area contributed by atoms with Gasteiger partial charge in [-0.1, -0.05) is 17.3 Å². The number of carbonyl (C=O) groups is 1. The van der Waals surface area contributed by atoms with Crippen LogP contribution < -0.4 is 11.1 Å². The lowest BCUT2D eigenvalue weighted by Crippen LogP contribution is -2.41. The predicted molar refractivity (Wildman–Crippen MR) is 79.1 cm³/mol. The third-order valence-corrected chi connectivity index (χ3v) is 3.75. The summed E-state index contributed by atoms with van der Waals surface area (Å²) in [5.41, 5.74) is 8.03. The molecule has 1 unspecified atom stereocenters. The van der Waals surface area contributed by atoms with Crippen LogP contribution in [0, 0.1) is 12.8 Å². The van der Waals surface area contributed by atoms with Crippen molar-refractivity contribution in [1.82, 2.24) is 20.3 Å². The van der Waals surface area contributed by atoms with E-state index in [0.29, 0.717) is 18.2 Å². The topological polar surface area (TPSA) is 85.8 Å². The Kier molecular flexibility index (Phi) is 3.70. The maximum Gasteiger partial charge on any atom is 0.273 e. The minimum Gasteiger partial charge on any atom is -0.346 e. The lowest BCUT2D eigenvalue weighted by molar-refractivity contribution is 0.0928. The smallest absolute Gasteiger partial charge is 0.273 e. The summed E-state index contributed by atoms with van der Waals surface area (Å²) in [4.78, 5) is 12.2. The van der Waals surface area contributed by atoms with E-state index in [4.69, 9.17) is 5.73 Å².